The van der Waals surface area contributed by atoms with Gasteiger partial charge in [0.2, 0.25) is 0 Å². The van der Waals surface area contributed by atoms with E-state index in [4.69, 9.17) is 63.7 Å². The van der Waals surface area contributed by atoms with Crippen LogP contribution in [0.4, 0.5) is 0 Å². The summed E-state index contributed by atoms with van der Waals surface area (Å²) in [7, 11) is 0. The Bertz CT molecular complexity index is 166. The molecule has 0 fully saturated rings. The molecule has 16 nitrogen and oxygen atoms in total. The number of rotatable bonds is 0. The van der Waals surface area contributed by atoms with E-state index in [1.165, 1.54) is 0 Å². The molecule has 0 aromatic carbocycles. The minimum atomic E-state index is -1.75. The van der Waals surface area contributed by atoms with Gasteiger partial charge < -0.3 is 0 Å². The molecule has 0 aromatic heterocycles. The molecular weight excluding hydrogens is 631 g/mol. The van der Waals surface area contributed by atoms with Gasteiger partial charge in [-0.3, -0.25) is 0 Å². The minimum absolute atomic E-state index is 0. The fraction of sp³-hybridized carbons (Fsp3) is 0. The van der Waals surface area contributed by atoms with Gasteiger partial charge in [0.25, 0.3) is 0 Å². The Morgan fingerprint density at radius 3 is 0.308 bits per heavy atom. The van der Waals surface area contributed by atoms with Gasteiger partial charge in [-0.2, -0.15) is 0 Å². The molecule has 0 aliphatic rings. The molecule has 0 aromatic rings. The first-order valence-corrected chi connectivity index (χ1v) is 11.3. The zero-order valence-electron chi connectivity index (χ0n) is 11.9. The standard InChI is InChI=1S/8Al.Cu.Mo.16O/q;;;;;;;;+2;;;;;;;;;;8*-1. The van der Waals surface area contributed by atoms with E-state index in [1.807, 2.05) is 0 Å². The van der Waals surface area contributed by atoms with Crippen molar-refractivity contribution in [1.29, 1.82) is 0 Å². The van der Waals surface area contributed by atoms with Crippen molar-refractivity contribution in [2.75, 3.05) is 0 Å². The predicted molar refractivity (Wildman–Crippen MR) is 51.5 cm³/mol. The Kier molecular flexibility index (Phi) is 432. The maximum atomic E-state index is 8.46. The van der Waals surface area contributed by atoms with Gasteiger partial charge in [-0.1, -0.05) is 0 Å². The van der Waals surface area contributed by atoms with Crippen LogP contribution in [0.25, 0.3) is 0 Å². The Hall–Kier alpha value is 2.27. The quantitative estimate of drug-likeness (QED) is 0.224. The fourth-order valence-electron chi connectivity index (χ4n) is 0. The van der Waals surface area contributed by atoms with E-state index in [0.717, 1.165) is 0 Å². The monoisotopic (exact) mass is 633 g/mol. The summed E-state index contributed by atoms with van der Waals surface area (Å²) in [6.45, 7) is 0. The third-order valence-electron chi connectivity index (χ3n) is 0. The molecule has 26 heavy (non-hydrogen) atoms. The third-order valence-corrected chi connectivity index (χ3v) is 0. The summed E-state index contributed by atoms with van der Waals surface area (Å²) in [5.74, 6) is 0. The van der Waals surface area contributed by atoms with Crippen LogP contribution in [0.1, 0.15) is 0 Å². The molecule has 0 spiro atoms. The first-order chi connectivity index (χ1) is 11.3. The van der Waals surface area contributed by atoms with E-state index in [0.29, 0.717) is 0 Å². The van der Waals surface area contributed by atoms with Crippen molar-refractivity contribution in [2.45, 2.75) is 0 Å². The van der Waals surface area contributed by atoms with E-state index in [9.17, 15) is 0 Å². The van der Waals surface area contributed by atoms with Crippen LogP contribution in [-0.2, 0) is 68.6 Å². The van der Waals surface area contributed by atoms with Crippen LogP contribution in [0, 0.1) is 0 Å². The van der Waals surface area contributed by atoms with Crippen LogP contribution in [0.5, 0.6) is 0 Å². The van der Waals surface area contributed by atoms with Crippen LogP contribution >= 0.6 is 0 Å². The van der Waals surface area contributed by atoms with Crippen LogP contribution in [0.3, 0.4) is 0 Å². The molecule has 143 valence electrons. The predicted octanol–water partition coefficient (Wildman–Crippen LogP) is -13.5. The molecule has 0 atom stereocenters. The molecular formula is Al8CuMoO16-6. The van der Waals surface area contributed by atoms with E-state index in [1.54, 1.807) is 0 Å². The second kappa shape index (κ2) is 178. The molecule has 26 heteroatoms. The van der Waals surface area contributed by atoms with E-state index in [-0.39, 0.29) is 38.1 Å². The Morgan fingerprint density at radius 1 is 0.308 bits per heavy atom. The van der Waals surface area contributed by atoms with Crippen molar-refractivity contribution in [3.05, 3.63) is 0 Å². The van der Waals surface area contributed by atoms with Crippen LogP contribution < -0.4 is 33.3 Å². The van der Waals surface area contributed by atoms with E-state index in [2.05, 4.69) is 0 Å². The molecule has 0 N–H and O–H groups in total. The summed E-state index contributed by atoms with van der Waals surface area (Å²) >= 11 is -14.0. The van der Waals surface area contributed by atoms with Crippen molar-refractivity contribution in [3.8, 4) is 0 Å². The van der Waals surface area contributed by atoms with Gasteiger partial charge in [-0.05, 0) is 0 Å². The number of hydrogen-bond donors (Lipinski definition) is 0. The van der Waals surface area contributed by atoms with Gasteiger partial charge in [0, 0.05) is 21.1 Å². The van der Waals surface area contributed by atoms with E-state index < -0.39 is 124 Å². The fourth-order valence-corrected chi connectivity index (χ4v) is 0. The molecule has 0 bridgehead atoms. The average molecular weight is 631 g/mol. The second-order valence-corrected chi connectivity index (χ2v) is 2.31. The van der Waals surface area contributed by atoms with Gasteiger partial charge in [-0.25, -0.2) is 0 Å². The molecule has 0 aliphatic carbocycles. The molecule has 0 aliphatic heterocycles. The normalized spacial score (nSPS) is 2.46. The zero-order chi connectivity index (χ0) is 21.7. The van der Waals surface area contributed by atoms with Crippen molar-refractivity contribution in [1.82, 2.24) is 0 Å². The SMILES string of the molecule is [Cu+2].[Mo].[O]=[Al][O-].[O]=[Al][O-].[O]=[Al][O-].[O]=[Al][O-].[O]=[Al][O-].[O]=[Al][O-].[O]=[Al][O-].[O]=[Al][O-]. The second-order valence-electron chi connectivity index (χ2n) is 0.770. The summed E-state index contributed by atoms with van der Waals surface area (Å²) in [4.78, 5) is 0. The van der Waals surface area contributed by atoms with Gasteiger partial charge in [0.05, 0.1) is 0 Å². The maximum absolute atomic E-state index is 8.46. The molecule has 0 unspecified atom stereocenters. The topological polar surface area (TPSA) is 321 Å². The zero-order valence-corrected chi connectivity index (χ0v) is 24.0. The molecule has 1 radical (unpaired) electrons. The van der Waals surface area contributed by atoms with Crippen molar-refractivity contribution in [2.24, 2.45) is 0 Å². The first-order valence-electron chi connectivity index (χ1n) is 3.77. The summed E-state index contributed by atoms with van der Waals surface area (Å²) in [6, 6.07) is 0. The van der Waals surface area contributed by atoms with Crippen LogP contribution in [-0.4, -0.2) is 124 Å². The van der Waals surface area contributed by atoms with Crippen molar-refractivity contribution in [3.63, 3.8) is 0 Å². The summed E-state index contributed by atoms with van der Waals surface area (Å²) < 4.78 is 135. The van der Waals surface area contributed by atoms with Gasteiger partial charge in [0.15, 0.2) is 0 Å². The molecule has 0 saturated carbocycles. The average Bonchev–Trinajstić information content (AvgIpc) is 2.45. The van der Waals surface area contributed by atoms with Crippen LogP contribution in [0.2, 0.25) is 0 Å². The van der Waals surface area contributed by atoms with Gasteiger partial charge >= 0.3 is 205 Å². The summed E-state index contributed by atoms with van der Waals surface area (Å²) in [5, 5.41) is 0. The molecule has 0 saturated heterocycles. The molecule has 0 rings (SSSR count). The van der Waals surface area contributed by atoms with E-state index >= 15 is 0 Å². The Morgan fingerprint density at radius 2 is 0.308 bits per heavy atom. The Balaban J connectivity index is -0.0000000139. The summed E-state index contributed by atoms with van der Waals surface area (Å²) in [5.41, 5.74) is 0. The van der Waals surface area contributed by atoms with Gasteiger partial charge in [-0.15, -0.1) is 0 Å². The third kappa shape index (κ3) is 3260. The molecule has 0 heterocycles. The van der Waals surface area contributed by atoms with Gasteiger partial charge in [0.1, 0.15) is 0 Å². The first kappa shape index (κ1) is 63.0. The number of hydrogen-bond acceptors (Lipinski definition) is 16. The van der Waals surface area contributed by atoms with Crippen molar-refractivity contribution < 1.29 is 102 Å². The summed E-state index contributed by atoms with van der Waals surface area (Å²) in [6.07, 6.45) is 0. The van der Waals surface area contributed by atoms with Crippen LogP contribution in [0.15, 0.2) is 0 Å². The van der Waals surface area contributed by atoms with Crippen molar-refractivity contribution >= 4 is 124 Å². The Labute approximate surface area is 222 Å². The molecule has 0 amide bonds.